The van der Waals surface area contributed by atoms with E-state index in [4.69, 9.17) is 4.74 Å². The molecule has 0 radical (unpaired) electrons. The van der Waals surface area contributed by atoms with E-state index in [0.717, 1.165) is 12.7 Å². The molecule has 1 aromatic carbocycles. The van der Waals surface area contributed by atoms with Crippen LogP contribution in [-0.2, 0) is 16.0 Å². The van der Waals surface area contributed by atoms with Crippen molar-refractivity contribution in [2.75, 3.05) is 14.2 Å². The molecule has 0 bridgehead atoms. The number of alkyl halides is 3. The first-order valence-electron chi connectivity index (χ1n) is 5.34. The molecule has 0 N–H and O–H groups in total. The van der Waals surface area contributed by atoms with Gasteiger partial charge in [-0.25, -0.2) is 0 Å². The highest BCUT2D eigenvalue weighted by Crippen LogP contribution is 2.32. The average Bonchev–Trinajstić information content (AvgIpc) is 2.29. The first kappa shape index (κ1) is 14.9. The number of rotatable bonds is 5. The monoisotopic (exact) mass is 263 g/mol. The molecule has 1 unspecified atom stereocenters. The quantitative estimate of drug-likeness (QED) is 0.463. The molecule has 0 aliphatic carbocycles. The Bertz CT molecular complexity index is 369. The Kier molecular flexibility index (Phi) is 4.72. The van der Waals surface area contributed by atoms with Crippen molar-refractivity contribution in [3.8, 4) is 0 Å². The topological polar surface area (TPSA) is 21.7 Å². The van der Waals surface area contributed by atoms with Crippen molar-refractivity contribution in [3.05, 3.63) is 35.9 Å². The number of nitrogens with zero attached hydrogens (tertiary/aromatic N) is 1. The third kappa shape index (κ3) is 3.44. The molecule has 1 atom stereocenters. The highest BCUT2D eigenvalue weighted by Gasteiger charge is 2.50. The molecule has 0 fully saturated rings. The lowest BCUT2D eigenvalue weighted by molar-refractivity contribution is -0.431. The van der Waals surface area contributed by atoms with Crippen molar-refractivity contribution < 1.29 is 22.7 Å². The molecule has 0 saturated heterocycles. The summed E-state index contributed by atoms with van der Waals surface area (Å²) in [4.78, 5) is 4.43. The van der Waals surface area contributed by atoms with Crippen LogP contribution in [0, 0.1) is 0 Å². The van der Waals surface area contributed by atoms with Crippen molar-refractivity contribution in [3.63, 3.8) is 0 Å². The number of ether oxygens (including phenoxy) is 1. The van der Waals surface area contributed by atoms with E-state index < -0.39 is 12.0 Å². The van der Waals surface area contributed by atoms with Crippen molar-refractivity contribution in [1.29, 1.82) is 0 Å². The molecular weight excluding hydrogens is 247 g/mol. The molecule has 3 nitrogen and oxygen atoms in total. The molecule has 1 rings (SSSR count). The van der Waals surface area contributed by atoms with Gasteiger partial charge in [-0.15, -0.1) is 0 Å². The maximum Gasteiger partial charge on any atom is 0.485 e. The summed E-state index contributed by atoms with van der Waals surface area (Å²) in [5.74, 6) is 0. The van der Waals surface area contributed by atoms with Crippen LogP contribution in [0.3, 0.4) is 0 Å². The van der Waals surface area contributed by atoms with Gasteiger partial charge in [0.25, 0.3) is 0 Å². The second-order valence-electron chi connectivity index (χ2n) is 3.99. The van der Waals surface area contributed by atoms with E-state index in [2.05, 4.69) is 4.84 Å². The summed E-state index contributed by atoms with van der Waals surface area (Å²) in [6, 6.07) is 8.79. The standard InChI is InChI=1S/C12H16F3NO2/c1-11(17-2,16(18-3)12(13,14)15)9-10-7-5-4-6-8-10/h4-8H,9H2,1-3H3. The Morgan fingerprint density at radius 3 is 2.06 bits per heavy atom. The molecule has 18 heavy (non-hydrogen) atoms. The van der Waals surface area contributed by atoms with Crippen LogP contribution in [0.25, 0.3) is 0 Å². The van der Waals surface area contributed by atoms with Gasteiger partial charge in [0, 0.05) is 13.5 Å². The fraction of sp³-hybridized carbons (Fsp3) is 0.500. The second kappa shape index (κ2) is 5.69. The zero-order valence-electron chi connectivity index (χ0n) is 10.5. The smallest absolute Gasteiger partial charge is 0.361 e. The van der Waals surface area contributed by atoms with E-state index in [1.165, 1.54) is 14.0 Å². The lowest BCUT2D eigenvalue weighted by Crippen LogP contribution is -2.55. The van der Waals surface area contributed by atoms with Crippen LogP contribution in [0.1, 0.15) is 12.5 Å². The van der Waals surface area contributed by atoms with E-state index >= 15 is 0 Å². The summed E-state index contributed by atoms with van der Waals surface area (Å²) in [5, 5.41) is -0.0903. The second-order valence-corrected chi connectivity index (χ2v) is 3.99. The fourth-order valence-corrected chi connectivity index (χ4v) is 1.77. The van der Waals surface area contributed by atoms with Gasteiger partial charge in [-0.2, -0.15) is 13.2 Å². The third-order valence-electron chi connectivity index (χ3n) is 2.66. The average molecular weight is 263 g/mol. The summed E-state index contributed by atoms with van der Waals surface area (Å²) in [6.07, 6.45) is -4.58. The van der Waals surface area contributed by atoms with Crippen LogP contribution in [0.15, 0.2) is 30.3 Å². The van der Waals surface area contributed by atoms with Gasteiger partial charge in [-0.3, -0.25) is 4.84 Å². The lowest BCUT2D eigenvalue weighted by atomic mass is 10.0. The van der Waals surface area contributed by atoms with E-state index in [9.17, 15) is 13.2 Å². The van der Waals surface area contributed by atoms with E-state index in [-0.39, 0.29) is 11.5 Å². The van der Waals surface area contributed by atoms with Crippen molar-refractivity contribution in [2.45, 2.75) is 25.4 Å². The molecule has 0 heterocycles. The van der Waals surface area contributed by atoms with Crippen LogP contribution in [0.4, 0.5) is 13.2 Å². The van der Waals surface area contributed by atoms with Crippen LogP contribution in [0.2, 0.25) is 0 Å². The fourth-order valence-electron chi connectivity index (χ4n) is 1.77. The van der Waals surface area contributed by atoms with Gasteiger partial charge in [0.2, 0.25) is 0 Å². The number of benzene rings is 1. The summed E-state index contributed by atoms with van der Waals surface area (Å²) in [7, 11) is 2.19. The normalized spacial score (nSPS) is 15.7. The van der Waals surface area contributed by atoms with Crippen molar-refractivity contribution >= 4 is 0 Å². The minimum Gasteiger partial charge on any atom is -0.361 e. The van der Waals surface area contributed by atoms with E-state index in [1.807, 2.05) is 0 Å². The third-order valence-corrected chi connectivity index (χ3v) is 2.66. The molecule has 0 spiro atoms. The largest absolute Gasteiger partial charge is 0.485 e. The first-order valence-corrected chi connectivity index (χ1v) is 5.34. The summed E-state index contributed by atoms with van der Waals surface area (Å²) in [5.41, 5.74) is -0.887. The van der Waals surface area contributed by atoms with E-state index in [0.29, 0.717) is 0 Å². The summed E-state index contributed by atoms with van der Waals surface area (Å²) < 4.78 is 43.5. The molecule has 0 amide bonds. The highest BCUT2D eigenvalue weighted by atomic mass is 19.4. The minimum atomic E-state index is -4.63. The first-order chi connectivity index (χ1) is 8.33. The Hall–Kier alpha value is -1.11. The zero-order chi connectivity index (χ0) is 13.8. The van der Waals surface area contributed by atoms with Gasteiger partial charge >= 0.3 is 6.30 Å². The Morgan fingerprint density at radius 1 is 1.11 bits per heavy atom. The molecule has 0 aliphatic heterocycles. The molecule has 0 saturated carbocycles. The molecule has 1 aromatic rings. The number of methoxy groups -OCH3 is 1. The van der Waals surface area contributed by atoms with Crippen LogP contribution in [-0.4, -0.2) is 31.3 Å². The molecule has 0 aliphatic rings. The maximum atomic E-state index is 12.8. The molecular formula is C12H16F3NO2. The van der Waals surface area contributed by atoms with E-state index in [1.54, 1.807) is 30.3 Å². The number of hydrogen-bond acceptors (Lipinski definition) is 3. The maximum absolute atomic E-state index is 12.8. The molecule has 102 valence electrons. The minimum absolute atomic E-state index is 0.0533. The summed E-state index contributed by atoms with van der Waals surface area (Å²) >= 11 is 0. The molecule has 0 aromatic heterocycles. The van der Waals surface area contributed by atoms with Crippen LogP contribution < -0.4 is 0 Å². The van der Waals surface area contributed by atoms with Gasteiger partial charge in [0.05, 0.1) is 7.11 Å². The number of hydroxylamine groups is 2. The van der Waals surface area contributed by atoms with Gasteiger partial charge in [-0.1, -0.05) is 35.4 Å². The van der Waals surface area contributed by atoms with Gasteiger partial charge < -0.3 is 4.74 Å². The van der Waals surface area contributed by atoms with Gasteiger partial charge in [0.15, 0.2) is 5.72 Å². The zero-order valence-corrected chi connectivity index (χ0v) is 10.5. The van der Waals surface area contributed by atoms with Gasteiger partial charge in [0.1, 0.15) is 0 Å². The van der Waals surface area contributed by atoms with Crippen LogP contribution in [0.5, 0.6) is 0 Å². The Balaban J connectivity index is 2.97. The molecule has 6 heteroatoms. The summed E-state index contributed by atoms with van der Waals surface area (Å²) in [6.45, 7) is 1.33. The number of hydrogen-bond donors (Lipinski definition) is 0. The predicted molar refractivity (Wildman–Crippen MR) is 60.5 cm³/mol. The van der Waals surface area contributed by atoms with Crippen molar-refractivity contribution in [1.82, 2.24) is 5.06 Å². The van der Waals surface area contributed by atoms with Crippen LogP contribution >= 0.6 is 0 Å². The Morgan fingerprint density at radius 2 is 1.67 bits per heavy atom. The Labute approximate surface area is 104 Å². The van der Waals surface area contributed by atoms with Crippen molar-refractivity contribution in [2.24, 2.45) is 0 Å². The SMILES string of the molecule is CON(C(F)(F)F)C(C)(Cc1ccccc1)OC. The van der Waals surface area contributed by atoms with Gasteiger partial charge in [-0.05, 0) is 12.5 Å². The highest BCUT2D eigenvalue weighted by molar-refractivity contribution is 5.16. The number of halogens is 3. The predicted octanol–water partition coefficient (Wildman–Crippen LogP) is 2.97. The lowest BCUT2D eigenvalue weighted by Gasteiger charge is -2.38.